The van der Waals surface area contributed by atoms with Gasteiger partial charge < -0.3 is 9.64 Å². The number of amides is 1. The Balaban J connectivity index is 1.56. The van der Waals surface area contributed by atoms with Crippen LogP contribution in [0.5, 0.6) is 5.75 Å². The van der Waals surface area contributed by atoms with Crippen molar-refractivity contribution in [3.8, 4) is 5.75 Å². The number of ether oxygens (including phenoxy) is 1. The molecule has 5 heteroatoms. The molecule has 0 unspecified atom stereocenters. The minimum absolute atomic E-state index is 0.000721. The predicted molar refractivity (Wildman–Crippen MR) is 90.3 cm³/mol. The topological polar surface area (TPSA) is 42.4 Å². The molecule has 1 aromatic heterocycles. The van der Waals surface area contributed by atoms with Gasteiger partial charge in [0, 0.05) is 37.5 Å². The number of rotatable bonds is 4. The fourth-order valence-corrected chi connectivity index (χ4v) is 2.66. The molecule has 23 heavy (non-hydrogen) atoms. The van der Waals surface area contributed by atoms with Crippen LogP contribution in [0.4, 0.5) is 0 Å². The lowest BCUT2D eigenvalue weighted by Gasteiger charge is -2.16. The zero-order valence-corrected chi connectivity index (χ0v) is 13.3. The third kappa shape index (κ3) is 4.11. The second-order valence-corrected chi connectivity index (χ2v) is 5.77. The Kier molecular flexibility index (Phi) is 4.93. The second kappa shape index (κ2) is 7.29. The van der Waals surface area contributed by atoms with E-state index in [1.165, 1.54) is 0 Å². The highest BCUT2D eigenvalue weighted by molar-refractivity contribution is 6.31. The van der Waals surface area contributed by atoms with Gasteiger partial charge in [0.1, 0.15) is 16.9 Å². The van der Waals surface area contributed by atoms with Crippen molar-refractivity contribution < 1.29 is 9.53 Å². The Morgan fingerprint density at radius 3 is 2.91 bits per heavy atom. The summed E-state index contributed by atoms with van der Waals surface area (Å²) in [6.07, 6.45) is 7.39. The summed E-state index contributed by atoms with van der Waals surface area (Å²) in [6, 6.07) is 11.5. The summed E-state index contributed by atoms with van der Waals surface area (Å²) in [5.74, 6) is 0.613. The standard InChI is InChI=1S/C18H17ClN2O2/c19-16-12-20-10-8-17(16)23-15-9-11-21(13-15)18(22)7-6-14-4-2-1-3-5-14/h1-8,10,12,15H,9,11,13H2/b7-6+/t15-/m1/s1. The summed E-state index contributed by atoms with van der Waals surface area (Å²) in [7, 11) is 0. The molecular weight excluding hydrogens is 312 g/mol. The van der Waals surface area contributed by atoms with Gasteiger partial charge in [0.05, 0.1) is 6.54 Å². The maximum Gasteiger partial charge on any atom is 0.246 e. The van der Waals surface area contributed by atoms with E-state index < -0.39 is 0 Å². The Labute approximate surface area is 140 Å². The van der Waals surface area contributed by atoms with Crippen molar-refractivity contribution in [2.45, 2.75) is 12.5 Å². The molecule has 1 saturated heterocycles. The molecule has 1 fully saturated rings. The molecule has 2 heterocycles. The highest BCUT2D eigenvalue weighted by Gasteiger charge is 2.26. The smallest absolute Gasteiger partial charge is 0.246 e. The number of hydrogen-bond donors (Lipinski definition) is 0. The molecule has 2 aromatic rings. The van der Waals surface area contributed by atoms with E-state index in [1.54, 1.807) is 29.4 Å². The first-order valence-corrected chi connectivity index (χ1v) is 7.88. The number of nitrogens with zero attached hydrogens (tertiary/aromatic N) is 2. The van der Waals surface area contributed by atoms with Gasteiger partial charge in [-0.25, -0.2) is 0 Å². The molecule has 1 aliphatic rings. The molecular formula is C18H17ClN2O2. The van der Waals surface area contributed by atoms with Crippen LogP contribution in [0, 0.1) is 0 Å². The first-order valence-electron chi connectivity index (χ1n) is 7.50. The van der Waals surface area contributed by atoms with Gasteiger partial charge in [-0.05, 0) is 11.6 Å². The quantitative estimate of drug-likeness (QED) is 0.808. The highest BCUT2D eigenvalue weighted by atomic mass is 35.5. The minimum Gasteiger partial charge on any atom is -0.487 e. The number of hydrogen-bond acceptors (Lipinski definition) is 3. The number of benzene rings is 1. The van der Waals surface area contributed by atoms with Gasteiger partial charge in [-0.15, -0.1) is 0 Å². The molecule has 4 nitrogen and oxygen atoms in total. The van der Waals surface area contributed by atoms with Crippen LogP contribution in [0.25, 0.3) is 6.08 Å². The lowest BCUT2D eigenvalue weighted by atomic mass is 10.2. The Bertz CT molecular complexity index is 703. The molecule has 0 saturated carbocycles. The van der Waals surface area contributed by atoms with E-state index >= 15 is 0 Å². The van der Waals surface area contributed by atoms with Crippen molar-refractivity contribution in [2.75, 3.05) is 13.1 Å². The van der Waals surface area contributed by atoms with Crippen LogP contribution in [0.15, 0.2) is 54.9 Å². The van der Waals surface area contributed by atoms with Crippen LogP contribution >= 0.6 is 11.6 Å². The molecule has 0 radical (unpaired) electrons. The van der Waals surface area contributed by atoms with E-state index in [2.05, 4.69) is 4.98 Å². The van der Waals surface area contributed by atoms with Gasteiger partial charge in [0.25, 0.3) is 0 Å². The largest absolute Gasteiger partial charge is 0.487 e. The summed E-state index contributed by atoms with van der Waals surface area (Å²) in [5, 5.41) is 0.487. The van der Waals surface area contributed by atoms with Crippen molar-refractivity contribution in [2.24, 2.45) is 0 Å². The zero-order valence-electron chi connectivity index (χ0n) is 12.6. The Hall–Kier alpha value is -2.33. The molecule has 1 aromatic carbocycles. The van der Waals surface area contributed by atoms with Crippen LogP contribution in [-0.4, -0.2) is 35.0 Å². The molecule has 1 aliphatic heterocycles. The second-order valence-electron chi connectivity index (χ2n) is 5.36. The Morgan fingerprint density at radius 2 is 2.13 bits per heavy atom. The third-order valence-electron chi connectivity index (χ3n) is 3.70. The molecule has 0 bridgehead atoms. The van der Waals surface area contributed by atoms with Gasteiger partial charge in [0.15, 0.2) is 0 Å². The van der Waals surface area contributed by atoms with Gasteiger partial charge >= 0.3 is 0 Å². The molecule has 0 aliphatic carbocycles. The SMILES string of the molecule is O=C(/C=C/c1ccccc1)N1CC[C@@H](Oc2ccncc2Cl)C1. The van der Waals surface area contributed by atoms with E-state index in [4.69, 9.17) is 16.3 Å². The van der Waals surface area contributed by atoms with Crippen LogP contribution in [0.3, 0.4) is 0 Å². The van der Waals surface area contributed by atoms with E-state index in [9.17, 15) is 4.79 Å². The van der Waals surface area contributed by atoms with Crippen molar-refractivity contribution in [3.05, 3.63) is 65.5 Å². The zero-order chi connectivity index (χ0) is 16.1. The first kappa shape index (κ1) is 15.6. The molecule has 1 amide bonds. The number of pyridine rings is 1. The molecule has 3 rings (SSSR count). The number of likely N-dealkylation sites (tertiary alicyclic amines) is 1. The lowest BCUT2D eigenvalue weighted by Crippen LogP contribution is -2.29. The fourth-order valence-electron chi connectivity index (χ4n) is 2.50. The van der Waals surface area contributed by atoms with Crippen LogP contribution in [0.2, 0.25) is 5.02 Å². The number of carbonyl (C=O) groups is 1. The molecule has 118 valence electrons. The minimum atomic E-state index is -0.0380. The maximum absolute atomic E-state index is 12.2. The van der Waals surface area contributed by atoms with E-state index in [1.807, 2.05) is 36.4 Å². The fraction of sp³-hybridized carbons (Fsp3) is 0.222. The van der Waals surface area contributed by atoms with Gasteiger partial charge in [0.2, 0.25) is 5.91 Å². The van der Waals surface area contributed by atoms with E-state index in [-0.39, 0.29) is 12.0 Å². The number of carbonyl (C=O) groups excluding carboxylic acids is 1. The lowest BCUT2D eigenvalue weighted by molar-refractivity contribution is -0.125. The summed E-state index contributed by atoms with van der Waals surface area (Å²) in [5.41, 5.74) is 1.01. The van der Waals surface area contributed by atoms with Crippen LogP contribution in [0.1, 0.15) is 12.0 Å². The predicted octanol–water partition coefficient (Wildman–Crippen LogP) is 3.43. The Morgan fingerprint density at radius 1 is 1.30 bits per heavy atom. The highest BCUT2D eigenvalue weighted by Crippen LogP contribution is 2.25. The molecule has 0 N–H and O–H groups in total. The van der Waals surface area contributed by atoms with E-state index in [0.29, 0.717) is 23.9 Å². The normalized spacial score (nSPS) is 17.6. The van der Waals surface area contributed by atoms with Crippen LogP contribution < -0.4 is 4.74 Å². The van der Waals surface area contributed by atoms with Crippen molar-refractivity contribution in [1.82, 2.24) is 9.88 Å². The van der Waals surface area contributed by atoms with Crippen molar-refractivity contribution in [3.63, 3.8) is 0 Å². The summed E-state index contributed by atoms with van der Waals surface area (Å²) in [6.45, 7) is 1.25. The number of aromatic nitrogens is 1. The van der Waals surface area contributed by atoms with Crippen molar-refractivity contribution >= 4 is 23.6 Å². The van der Waals surface area contributed by atoms with Gasteiger partial charge in [-0.3, -0.25) is 9.78 Å². The summed E-state index contributed by atoms with van der Waals surface area (Å²) >= 11 is 6.04. The molecule has 0 spiro atoms. The first-order chi connectivity index (χ1) is 11.2. The average Bonchev–Trinajstić information content (AvgIpc) is 3.04. The summed E-state index contributed by atoms with van der Waals surface area (Å²) in [4.78, 5) is 18.0. The maximum atomic E-state index is 12.2. The number of halogens is 1. The summed E-state index contributed by atoms with van der Waals surface area (Å²) < 4.78 is 5.86. The molecule has 1 atom stereocenters. The van der Waals surface area contributed by atoms with Crippen LogP contribution in [-0.2, 0) is 4.79 Å². The van der Waals surface area contributed by atoms with Gasteiger partial charge in [-0.1, -0.05) is 41.9 Å². The third-order valence-corrected chi connectivity index (χ3v) is 3.99. The monoisotopic (exact) mass is 328 g/mol. The average molecular weight is 329 g/mol. The van der Waals surface area contributed by atoms with Crippen molar-refractivity contribution in [1.29, 1.82) is 0 Å². The van der Waals surface area contributed by atoms with E-state index in [0.717, 1.165) is 12.0 Å². The van der Waals surface area contributed by atoms with Gasteiger partial charge in [-0.2, -0.15) is 0 Å².